The van der Waals surface area contributed by atoms with Crippen LogP contribution in [0.2, 0.25) is 0 Å². The zero-order valence-corrected chi connectivity index (χ0v) is 14.2. The Bertz CT molecular complexity index is 841. The molecule has 0 saturated heterocycles. The number of hydrogen-bond donors (Lipinski definition) is 2. The lowest BCUT2D eigenvalue weighted by molar-refractivity contribution is 0.271. The molecule has 1 aromatic carbocycles. The number of ether oxygens (including phenoxy) is 2. The molecule has 0 spiro atoms. The van der Waals surface area contributed by atoms with Crippen LogP contribution in [0.4, 0.5) is 11.5 Å². The molecule has 1 fully saturated rings. The Morgan fingerprint density at radius 1 is 1.32 bits per heavy atom. The largest absolute Gasteiger partial charge is 0.494 e. The molecule has 1 aromatic heterocycles. The second-order valence-electron chi connectivity index (χ2n) is 6.61. The molecular weight excluding hydrogens is 320 g/mol. The Labute approximate surface area is 145 Å². The van der Waals surface area contributed by atoms with E-state index in [1.807, 2.05) is 18.2 Å². The summed E-state index contributed by atoms with van der Waals surface area (Å²) in [6.07, 6.45) is 5.75. The lowest BCUT2D eigenvalue weighted by Gasteiger charge is -2.30. The van der Waals surface area contributed by atoms with Crippen molar-refractivity contribution in [3.05, 3.63) is 34.9 Å². The Hall–Kier alpha value is -2.54. The zero-order chi connectivity index (χ0) is 17.4. The van der Waals surface area contributed by atoms with Gasteiger partial charge in [-0.15, -0.1) is 0 Å². The van der Waals surface area contributed by atoms with E-state index in [1.165, 1.54) is 0 Å². The van der Waals surface area contributed by atoms with Gasteiger partial charge >= 0.3 is 5.69 Å². The lowest BCUT2D eigenvalue weighted by Crippen LogP contribution is -2.31. The van der Waals surface area contributed by atoms with Gasteiger partial charge in [-0.3, -0.25) is 4.57 Å². The molecule has 2 aromatic rings. The normalized spacial score (nSPS) is 21.5. The summed E-state index contributed by atoms with van der Waals surface area (Å²) in [5.41, 5.74) is 6.18. The van der Waals surface area contributed by atoms with Crippen LogP contribution in [0.3, 0.4) is 0 Å². The van der Waals surface area contributed by atoms with Crippen molar-refractivity contribution in [3.63, 3.8) is 0 Å². The zero-order valence-electron chi connectivity index (χ0n) is 14.2. The van der Waals surface area contributed by atoms with Crippen molar-refractivity contribution in [1.82, 2.24) is 9.55 Å². The third-order valence-electron chi connectivity index (χ3n) is 5.13. The third kappa shape index (κ3) is 2.84. The van der Waals surface area contributed by atoms with E-state index < -0.39 is 0 Å². The summed E-state index contributed by atoms with van der Waals surface area (Å²) < 4.78 is 13.0. The molecule has 1 aliphatic heterocycles. The molecule has 0 atom stereocenters. The Morgan fingerprint density at radius 2 is 2.12 bits per heavy atom. The summed E-state index contributed by atoms with van der Waals surface area (Å²) in [7, 11) is 1.59. The van der Waals surface area contributed by atoms with Crippen molar-refractivity contribution in [2.75, 3.05) is 19.0 Å². The average molecular weight is 342 g/mol. The van der Waals surface area contributed by atoms with Gasteiger partial charge in [0.2, 0.25) is 0 Å². The third-order valence-corrected chi connectivity index (χ3v) is 5.13. The predicted molar refractivity (Wildman–Crippen MR) is 94.9 cm³/mol. The fourth-order valence-electron chi connectivity index (χ4n) is 3.66. The molecule has 4 rings (SSSR count). The maximum Gasteiger partial charge on any atom is 0.350 e. The van der Waals surface area contributed by atoms with E-state index in [1.54, 1.807) is 17.9 Å². The number of anilines is 2. The molecule has 7 heteroatoms. The molecule has 3 N–H and O–H groups in total. The number of fused-ring (bicyclic) bond motifs is 2. The second-order valence-corrected chi connectivity index (χ2v) is 6.61. The van der Waals surface area contributed by atoms with E-state index in [9.17, 15) is 4.79 Å². The highest BCUT2D eigenvalue weighted by Crippen LogP contribution is 2.45. The standard InChI is InChI=1S/C18H22N4O3/c1-24-13-3-2-4-14-16(13)20-17-15(25-14)10-22(18(23)21-17)12-7-5-11(9-19)6-8-12/h2-4,10-12H,5-9,19H2,1H3,(H,20,21,23)/t11-,12-. The first-order valence-corrected chi connectivity index (χ1v) is 8.64. The van der Waals surface area contributed by atoms with E-state index in [0.717, 1.165) is 32.2 Å². The molecule has 2 heterocycles. The van der Waals surface area contributed by atoms with Crippen molar-refractivity contribution >= 4 is 11.5 Å². The molecule has 1 aliphatic carbocycles. The van der Waals surface area contributed by atoms with Crippen LogP contribution in [0.15, 0.2) is 29.2 Å². The summed E-state index contributed by atoms with van der Waals surface area (Å²) >= 11 is 0. The van der Waals surface area contributed by atoms with E-state index in [4.69, 9.17) is 15.2 Å². The first kappa shape index (κ1) is 16.0. The van der Waals surface area contributed by atoms with Crippen LogP contribution >= 0.6 is 0 Å². The Kier molecular flexibility index (Phi) is 4.09. The van der Waals surface area contributed by atoms with Crippen molar-refractivity contribution in [1.29, 1.82) is 0 Å². The first-order valence-electron chi connectivity index (χ1n) is 8.64. The summed E-state index contributed by atoms with van der Waals surface area (Å²) in [6.45, 7) is 0.718. The molecule has 132 valence electrons. The number of hydrogen-bond acceptors (Lipinski definition) is 6. The highest BCUT2D eigenvalue weighted by Gasteiger charge is 2.26. The van der Waals surface area contributed by atoms with Crippen molar-refractivity contribution in [3.8, 4) is 17.2 Å². The van der Waals surface area contributed by atoms with E-state index in [0.29, 0.717) is 34.7 Å². The Balaban J connectivity index is 1.64. The van der Waals surface area contributed by atoms with Gasteiger partial charge in [-0.25, -0.2) is 4.79 Å². The molecule has 25 heavy (non-hydrogen) atoms. The number of aromatic nitrogens is 2. The highest BCUT2D eigenvalue weighted by molar-refractivity contribution is 5.77. The molecular formula is C18H22N4O3. The van der Waals surface area contributed by atoms with Gasteiger partial charge in [0.1, 0.15) is 11.4 Å². The molecule has 0 amide bonds. The first-order chi connectivity index (χ1) is 12.2. The predicted octanol–water partition coefficient (Wildman–Crippen LogP) is 2.79. The maximum atomic E-state index is 12.5. The number of benzene rings is 1. The minimum absolute atomic E-state index is 0.156. The average Bonchev–Trinajstić information content (AvgIpc) is 2.65. The summed E-state index contributed by atoms with van der Waals surface area (Å²) in [6, 6.07) is 5.71. The van der Waals surface area contributed by atoms with Gasteiger partial charge in [-0.2, -0.15) is 4.98 Å². The van der Waals surface area contributed by atoms with Crippen molar-refractivity contribution < 1.29 is 9.47 Å². The second kappa shape index (κ2) is 6.40. The van der Waals surface area contributed by atoms with Crippen LogP contribution in [0, 0.1) is 5.92 Å². The van der Waals surface area contributed by atoms with Crippen LogP contribution in [0.1, 0.15) is 31.7 Å². The van der Waals surface area contributed by atoms with Crippen LogP contribution < -0.4 is 26.2 Å². The van der Waals surface area contributed by atoms with Crippen molar-refractivity contribution in [2.24, 2.45) is 11.7 Å². The van der Waals surface area contributed by atoms with Crippen LogP contribution in [0.25, 0.3) is 0 Å². The van der Waals surface area contributed by atoms with Crippen LogP contribution in [-0.4, -0.2) is 23.2 Å². The van der Waals surface area contributed by atoms with Gasteiger partial charge in [0, 0.05) is 6.04 Å². The fourth-order valence-corrected chi connectivity index (χ4v) is 3.66. The minimum atomic E-state index is -0.260. The SMILES string of the molecule is COc1cccc2c1Nc1nc(=O)n([C@H]3CC[C@H](CN)CC3)cc1O2. The fraction of sp³-hybridized carbons (Fsp3) is 0.444. The number of nitrogens with one attached hydrogen (secondary N) is 1. The maximum absolute atomic E-state index is 12.5. The van der Waals surface area contributed by atoms with Gasteiger partial charge in [-0.1, -0.05) is 6.07 Å². The summed E-state index contributed by atoms with van der Waals surface area (Å²) in [5, 5.41) is 3.16. The number of nitrogens with zero attached hydrogens (tertiary/aromatic N) is 2. The molecule has 7 nitrogen and oxygen atoms in total. The quantitative estimate of drug-likeness (QED) is 0.760. The van der Waals surface area contributed by atoms with Gasteiger partial charge < -0.3 is 20.5 Å². The van der Waals surface area contributed by atoms with Gasteiger partial charge in [0.25, 0.3) is 0 Å². The monoisotopic (exact) mass is 342 g/mol. The molecule has 0 radical (unpaired) electrons. The minimum Gasteiger partial charge on any atom is -0.494 e. The van der Waals surface area contributed by atoms with Gasteiger partial charge in [0.15, 0.2) is 17.3 Å². The highest BCUT2D eigenvalue weighted by atomic mass is 16.5. The van der Waals surface area contributed by atoms with E-state index >= 15 is 0 Å². The lowest BCUT2D eigenvalue weighted by atomic mass is 9.86. The Morgan fingerprint density at radius 3 is 2.84 bits per heavy atom. The van der Waals surface area contributed by atoms with Gasteiger partial charge in [-0.05, 0) is 50.3 Å². The van der Waals surface area contributed by atoms with E-state index in [-0.39, 0.29) is 11.7 Å². The number of rotatable bonds is 3. The number of para-hydroxylation sites is 1. The molecule has 0 unspecified atom stereocenters. The van der Waals surface area contributed by atoms with Crippen molar-refractivity contribution in [2.45, 2.75) is 31.7 Å². The van der Waals surface area contributed by atoms with E-state index in [2.05, 4.69) is 10.3 Å². The molecule has 2 aliphatic rings. The smallest absolute Gasteiger partial charge is 0.350 e. The van der Waals surface area contributed by atoms with Gasteiger partial charge in [0.05, 0.1) is 13.3 Å². The van der Waals surface area contributed by atoms with Crippen LogP contribution in [-0.2, 0) is 0 Å². The number of methoxy groups -OCH3 is 1. The summed E-state index contributed by atoms with van der Waals surface area (Å²) in [4.78, 5) is 16.7. The molecule has 1 saturated carbocycles. The topological polar surface area (TPSA) is 91.4 Å². The molecule has 0 bridgehead atoms. The summed E-state index contributed by atoms with van der Waals surface area (Å²) in [5.74, 6) is 2.85. The van der Waals surface area contributed by atoms with Crippen LogP contribution in [0.5, 0.6) is 17.2 Å². The number of nitrogens with two attached hydrogens (primary N) is 1.